The molecule has 0 atom stereocenters. The van der Waals surface area contributed by atoms with Crippen LogP contribution < -0.4 is 0 Å². The van der Waals surface area contributed by atoms with Crippen LogP contribution in [-0.4, -0.2) is 49.5 Å². The zero-order valence-corrected chi connectivity index (χ0v) is 11.7. The SMILES string of the molecule is CN(C)C(=S)S.[BiH3]. The molecular formula is C3H10BiNS2. The first-order valence-electron chi connectivity index (χ1n) is 1.55. The number of hydrogen-bond donors (Lipinski definition) is 1. The van der Waals surface area contributed by atoms with Gasteiger partial charge >= 0.3 is 26.2 Å². The molecule has 44 valence electrons. The Morgan fingerprint density at radius 3 is 1.71 bits per heavy atom. The molecule has 0 saturated heterocycles. The average Bonchev–Trinajstić information content (AvgIpc) is 1.36. The summed E-state index contributed by atoms with van der Waals surface area (Å²) in [5.41, 5.74) is 0. The summed E-state index contributed by atoms with van der Waals surface area (Å²) in [5.74, 6) is 0. The van der Waals surface area contributed by atoms with Gasteiger partial charge in [-0.25, -0.2) is 0 Å². The van der Waals surface area contributed by atoms with Gasteiger partial charge in [-0.05, 0) is 0 Å². The summed E-state index contributed by atoms with van der Waals surface area (Å²) in [6.07, 6.45) is 0. The zero-order chi connectivity index (χ0) is 5.15. The summed E-state index contributed by atoms with van der Waals surface area (Å²) in [5, 5.41) is 0. The Morgan fingerprint density at radius 2 is 1.71 bits per heavy atom. The molecule has 1 nitrogen and oxygen atoms in total. The molecule has 0 unspecified atom stereocenters. The molecule has 0 heterocycles. The Hall–Kier alpha value is 1.12. The van der Waals surface area contributed by atoms with Crippen LogP contribution in [0.4, 0.5) is 0 Å². The van der Waals surface area contributed by atoms with E-state index in [-0.39, 0.29) is 26.2 Å². The molecular weight excluding hydrogens is 323 g/mol. The normalized spacial score (nSPS) is 6.71. The minimum atomic E-state index is 0. The number of rotatable bonds is 0. The fourth-order valence-corrected chi connectivity index (χ4v) is 0. The van der Waals surface area contributed by atoms with Gasteiger partial charge in [-0.3, -0.25) is 0 Å². The molecule has 0 aromatic carbocycles. The third kappa shape index (κ3) is 7.12. The van der Waals surface area contributed by atoms with E-state index < -0.39 is 0 Å². The number of nitrogens with zero attached hydrogens (tertiary/aromatic N) is 1. The summed E-state index contributed by atoms with van der Waals surface area (Å²) in [6.45, 7) is 0. The first-order valence-corrected chi connectivity index (χ1v) is 2.40. The maximum absolute atomic E-state index is 4.61. The molecule has 0 rings (SSSR count). The maximum atomic E-state index is 4.61. The molecule has 0 spiro atoms. The molecule has 0 saturated carbocycles. The Balaban J connectivity index is 0. The van der Waals surface area contributed by atoms with E-state index >= 15 is 0 Å². The van der Waals surface area contributed by atoms with Crippen LogP contribution in [0, 0.1) is 0 Å². The van der Waals surface area contributed by atoms with Gasteiger partial charge in [0.25, 0.3) is 0 Å². The van der Waals surface area contributed by atoms with Gasteiger partial charge in [-0.1, -0.05) is 12.2 Å². The quantitative estimate of drug-likeness (QED) is 0.364. The molecule has 0 radical (unpaired) electrons. The van der Waals surface area contributed by atoms with Gasteiger partial charge < -0.3 is 4.90 Å². The van der Waals surface area contributed by atoms with E-state index in [0.29, 0.717) is 4.32 Å². The van der Waals surface area contributed by atoms with Crippen molar-refractivity contribution in [1.29, 1.82) is 0 Å². The van der Waals surface area contributed by atoms with Crippen LogP contribution in [0.3, 0.4) is 0 Å². The van der Waals surface area contributed by atoms with E-state index in [1.54, 1.807) is 4.90 Å². The number of thiol groups is 1. The first kappa shape index (κ1) is 11.0. The monoisotopic (exact) mass is 333 g/mol. The van der Waals surface area contributed by atoms with E-state index in [4.69, 9.17) is 0 Å². The van der Waals surface area contributed by atoms with E-state index in [0.717, 1.165) is 0 Å². The van der Waals surface area contributed by atoms with Gasteiger partial charge in [-0.15, -0.1) is 12.6 Å². The van der Waals surface area contributed by atoms with Crippen LogP contribution in [0.25, 0.3) is 0 Å². The predicted molar refractivity (Wildman–Crippen MR) is 45.2 cm³/mol. The van der Waals surface area contributed by atoms with E-state index in [1.165, 1.54) is 0 Å². The van der Waals surface area contributed by atoms with Crippen LogP contribution in [0.5, 0.6) is 0 Å². The molecule has 0 amide bonds. The van der Waals surface area contributed by atoms with Crippen molar-refractivity contribution in [2.45, 2.75) is 0 Å². The molecule has 0 aliphatic carbocycles. The van der Waals surface area contributed by atoms with Crippen molar-refractivity contribution in [3.05, 3.63) is 0 Å². The number of thiocarbonyl (C=S) groups is 1. The van der Waals surface area contributed by atoms with Gasteiger partial charge in [-0.2, -0.15) is 0 Å². The summed E-state index contributed by atoms with van der Waals surface area (Å²) < 4.78 is 0.620. The van der Waals surface area contributed by atoms with E-state index in [2.05, 4.69) is 24.8 Å². The van der Waals surface area contributed by atoms with Gasteiger partial charge in [0.05, 0.1) is 0 Å². The summed E-state index contributed by atoms with van der Waals surface area (Å²) in [4.78, 5) is 1.76. The molecule has 0 aliphatic heterocycles. The first-order chi connectivity index (χ1) is 2.64. The van der Waals surface area contributed by atoms with Crippen molar-refractivity contribution in [2.24, 2.45) is 0 Å². The van der Waals surface area contributed by atoms with Crippen molar-refractivity contribution in [3.63, 3.8) is 0 Å². The van der Waals surface area contributed by atoms with Gasteiger partial charge in [0.2, 0.25) is 0 Å². The van der Waals surface area contributed by atoms with Crippen molar-refractivity contribution in [3.8, 4) is 0 Å². The fraction of sp³-hybridized carbons (Fsp3) is 0.667. The molecule has 4 heteroatoms. The van der Waals surface area contributed by atoms with Crippen LogP contribution in [0.1, 0.15) is 0 Å². The van der Waals surface area contributed by atoms with E-state index in [9.17, 15) is 0 Å². The van der Waals surface area contributed by atoms with Crippen molar-refractivity contribution in [2.75, 3.05) is 14.1 Å². The molecule has 0 N–H and O–H groups in total. The van der Waals surface area contributed by atoms with Crippen molar-refractivity contribution < 1.29 is 0 Å². The van der Waals surface area contributed by atoms with Crippen LogP contribution >= 0.6 is 24.8 Å². The molecule has 0 bridgehead atoms. The zero-order valence-electron chi connectivity index (χ0n) is 4.51. The van der Waals surface area contributed by atoms with Gasteiger partial charge in [0, 0.05) is 14.1 Å². The van der Waals surface area contributed by atoms with Crippen LogP contribution in [0.2, 0.25) is 0 Å². The molecule has 0 fully saturated rings. The summed E-state index contributed by atoms with van der Waals surface area (Å²) in [7, 11) is 3.71. The molecule has 0 aliphatic rings. The van der Waals surface area contributed by atoms with Gasteiger partial charge in [0.1, 0.15) is 4.32 Å². The molecule has 7 heavy (non-hydrogen) atoms. The summed E-state index contributed by atoms with van der Waals surface area (Å²) in [6, 6.07) is 0. The fourth-order valence-electron chi connectivity index (χ4n) is 0. The van der Waals surface area contributed by atoms with Crippen LogP contribution in [-0.2, 0) is 0 Å². The second kappa shape index (κ2) is 5.26. The van der Waals surface area contributed by atoms with Gasteiger partial charge in [0.15, 0.2) is 0 Å². The summed E-state index contributed by atoms with van der Waals surface area (Å²) >= 11 is 8.46. The third-order valence-corrected chi connectivity index (χ3v) is 1.15. The number of hydrogen-bond acceptors (Lipinski definition) is 1. The topological polar surface area (TPSA) is 3.24 Å². The molecule has 0 aromatic heterocycles. The second-order valence-electron chi connectivity index (χ2n) is 1.18. The Bertz CT molecular complexity index is 64.0. The second-order valence-corrected chi connectivity index (χ2v) is 2.29. The minimum absolute atomic E-state index is 0. The average molecular weight is 333 g/mol. The molecule has 0 aromatic rings. The Morgan fingerprint density at radius 1 is 1.57 bits per heavy atom. The third-order valence-electron chi connectivity index (χ3n) is 0.383. The van der Waals surface area contributed by atoms with Crippen LogP contribution in [0.15, 0.2) is 0 Å². The Kier molecular flexibility index (Phi) is 8.27. The standard InChI is InChI=1S/C3H7NS2.Bi.3H/c1-4(2)3(5)6;;;;/h1-2H3,(H,5,6);;;;. The van der Waals surface area contributed by atoms with E-state index in [1.807, 2.05) is 14.1 Å². The predicted octanol–water partition coefficient (Wildman–Crippen LogP) is -0.421. The Labute approximate surface area is 74.0 Å². The van der Waals surface area contributed by atoms with Crippen molar-refractivity contribution in [1.82, 2.24) is 4.90 Å². The van der Waals surface area contributed by atoms with Crippen molar-refractivity contribution >= 4 is 55.4 Å².